The topological polar surface area (TPSA) is 111 Å². The molecule has 3 rings (SSSR count). The number of ether oxygens (including phenoxy) is 2. The van der Waals surface area contributed by atoms with Crippen molar-refractivity contribution >= 4 is 23.1 Å². The SMILES string of the molecule is COc1ccccc1OCCNC(=O)c1ccccc1C(=O)c1ccc(N(C)C)c([N+](=O)[O-])c1. The maximum atomic E-state index is 13.2. The van der Waals surface area contributed by atoms with Gasteiger partial charge in [-0.3, -0.25) is 19.7 Å². The Morgan fingerprint density at radius 2 is 1.62 bits per heavy atom. The van der Waals surface area contributed by atoms with Crippen LogP contribution in [0.1, 0.15) is 26.3 Å². The molecule has 9 nitrogen and oxygen atoms in total. The first-order chi connectivity index (χ1) is 16.3. The highest BCUT2D eigenvalue weighted by Crippen LogP contribution is 2.29. The number of ketones is 1. The summed E-state index contributed by atoms with van der Waals surface area (Å²) in [6.45, 7) is 0.392. The van der Waals surface area contributed by atoms with Gasteiger partial charge in [0.05, 0.1) is 24.1 Å². The second kappa shape index (κ2) is 11.0. The lowest BCUT2D eigenvalue weighted by molar-refractivity contribution is -0.384. The Morgan fingerprint density at radius 1 is 0.971 bits per heavy atom. The number of amides is 1. The van der Waals surface area contributed by atoms with Crippen LogP contribution in [0.15, 0.2) is 66.7 Å². The number of hydrogen-bond acceptors (Lipinski definition) is 7. The molecule has 0 saturated carbocycles. The second-order valence-electron chi connectivity index (χ2n) is 7.48. The minimum absolute atomic E-state index is 0.122. The number of methoxy groups -OCH3 is 1. The number of rotatable bonds is 10. The minimum atomic E-state index is -0.535. The van der Waals surface area contributed by atoms with Gasteiger partial charge in [0.1, 0.15) is 12.3 Å². The fraction of sp³-hybridized carbons (Fsp3) is 0.200. The van der Waals surface area contributed by atoms with Gasteiger partial charge in [0.25, 0.3) is 11.6 Å². The van der Waals surface area contributed by atoms with Crippen LogP contribution in [-0.4, -0.2) is 51.0 Å². The van der Waals surface area contributed by atoms with E-state index in [1.54, 1.807) is 50.4 Å². The molecule has 0 heterocycles. The molecule has 0 radical (unpaired) electrons. The lowest BCUT2D eigenvalue weighted by Crippen LogP contribution is -2.29. The van der Waals surface area contributed by atoms with Gasteiger partial charge in [-0.15, -0.1) is 0 Å². The number of nitrogens with one attached hydrogen (secondary N) is 1. The first-order valence-corrected chi connectivity index (χ1v) is 10.5. The van der Waals surface area contributed by atoms with Crippen LogP contribution in [0.4, 0.5) is 11.4 Å². The molecule has 0 fully saturated rings. The maximum absolute atomic E-state index is 13.2. The standard InChI is InChI=1S/C25H25N3O6/c1-27(2)20-13-12-17(16-21(20)28(31)32)24(29)18-8-4-5-9-19(18)25(30)26-14-15-34-23-11-7-6-10-22(23)33-3/h4-13,16H,14-15H2,1-3H3,(H,26,30). The highest BCUT2D eigenvalue weighted by molar-refractivity contribution is 6.15. The van der Waals surface area contributed by atoms with Crippen molar-refractivity contribution in [2.24, 2.45) is 0 Å². The first-order valence-electron chi connectivity index (χ1n) is 10.5. The van der Waals surface area contributed by atoms with Crippen molar-refractivity contribution in [3.8, 4) is 11.5 Å². The maximum Gasteiger partial charge on any atom is 0.293 e. The van der Waals surface area contributed by atoms with E-state index in [0.29, 0.717) is 17.2 Å². The van der Waals surface area contributed by atoms with Gasteiger partial charge < -0.3 is 19.7 Å². The van der Waals surface area contributed by atoms with Crippen LogP contribution < -0.4 is 19.7 Å². The Morgan fingerprint density at radius 3 is 2.26 bits per heavy atom. The number of nitrogens with zero attached hydrogens (tertiary/aromatic N) is 2. The number of nitro groups is 1. The van der Waals surface area contributed by atoms with Gasteiger partial charge in [0.15, 0.2) is 17.3 Å². The molecule has 0 aromatic heterocycles. The lowest BCUT2D eigenvalue weighted by Gasteiger charge is -2.14. The van der Waals surface area contributed by atoms with Crippen LogP contribution in [0.25, 0.3) is 0 Å². The second-order valence-corrected chi connectivity index (χ2v) is 7.48. The molecule has 0 bridgehead atoms. The number of benzene rings is 3. The van der Waals surface area contributed by atoms with E-state index in [-0.39, 0.29) is 35.5 Å². The lowest BCUT2D eigenvalue weighted by atomic mass is 9.97. The number of para-hydroxylation sites is 2. The predicted molar refractivity (Wildman–Crippen MR) is 128 cm³/mol. The number of hydrogen-bond donors (Lipinski definition) is 1. The summed E-state index contributed by atoms with van der Waals surface area (Å²) in [5.74, 6) is 0.202. The third-order valence-corrected chi connectivity index (χ3v) is 5.05. The van der Waals surface area contributed by atoms with E-state index in [0.717, 1.165) is 0 Å². The van der Waals surface area contributed by atoms with Crippen molar-refractivity contribution in [3.05, 3.63) is 93.5 Å². The molecule has 0 unspecified atom stereocenters. The van der Waals surface area contributed by atoms with Gasteiger partial charge in [-0.2, -0.15) is 0 Å². The highest BCUT2D eigenvalue weighted by Gasteiger charge is 2.22. The molecule has 9 heteroatoms. The Hall–Kier alpha value is -4.40. The number of anilines is 1. The van der Waals surface area contributed by atoms with Gasteiger partial charge in [-0.25, -0.2) is 0 Å². The van der Waals surface area contributed by atoms with Crippen LogP contribution in [0.2, 0.25) is 0 Å². The average molecular weight is 463 g/mol. The summed E-state index contributed by atoms with van der Waals surface area (Å²) in [4.78, 5) is 38.5. The van der Waals surface area contributed by atoms with Crippen LogP contribution >= 0.6 is 0 Å². The predicted octanol–water partition coefficient (Wildman–Crippen LogP) is 3.71. The third kappa shape index (κ3) is 5.50. The molecule has 1 amide bonds. The van der Waals surface area contributed by atoms with E-state index in [4.69, 9.17) is 9.47 Å². The molecule has 0 spiro atoms. The minimum Gasteiger partial charge on any atom is -0.493 e. The zero-order valence-electron chi connectivity index (χ0n) is 19.1. The molecule has 1 N–H and O–H groups in total. The van der Waals surface area contributed by atoms with Crippen molar-refractivity contribution in [2.75, 3.05) is 39.3 Å². The summed E-state index contributed by atoms with van der Waals surface area (Å²) < 4.78 is 10.9. The Kier molecular flexibility index (Phi) is 7.81. The van der Waals surface area contributed by atoms with Crippen molar-refractivity contribution in [1.82, 2.24) is 5.32 Å². The quantitative estimate of drug-likeness (QED) is 0.211. The summed E-state index contributed by atoms with van der Waals surface area (Å²) in [7, 11) is 4.91. The third-order valence-electron chi connectivity index (χ3n) is 5.05. The van der Waals surface area contributed by atoms with Crippen LogP contribution in [-0.2, 0) is 0 Å². The smallest absolute Gasteiger partial charge is 0.293 e. The normalized spacial score (nSPS) is 10.3. The van der Waals surface area contributed by atoms with Crippen LogP contribution in [0.3, 0.4) is 0 Å². The molecular formula is C25H25N3O6. The summed E-state index contributed by atoms with van der Waals surface area (Å²) >= 11 is 0. The van der Waals surface area contributed by atoms with Gasteiger partial charge in [0.2, 0.25) is 0 Å². The van der Waals surface area contributed by atoms with E-state index in [1.807, 2.05) is 12.1 Å². The van der Waals surface area contributed by atoms with Crippen molar-refractivity contribution < 1.29 is 24.0 Å². The molecule has 0 saturated heterocycles. The summed E-state index contributed by atoms with van der Waals surface area (Å²) in [5.41, 5.74) is 0.632. The summed E-state index contributed by atoms with van der Waals surface area (Å²) in [5, 5.41) is 14.2. The Labute approximate surface area is 197 Å². The van der Waals surface area contributed by atoms with E-state index >= 15 is 0 Å². The van der Waals surface area contributed by atoms with E-state index in [1.165, 1.54) is 30.3 Å². The Bertz CT molecular complexity index is 1210. The molecule has 0 aliphatic carbocycles. The van der Waals surface area contributed by atoms with Crippen LogP contribution in [0, 0.1) is 10.1 Å². The van der Waals surface area contributed by atoms with Gasteiger partial charge in [-0.05, 0) is 30.3 Å². The van der Waals surface area contributed by atoms with E-state index in [2.05, 4.69) is 5.32 Å². The zero-order chi connectivity index (χ0) is 24.7. The molecule has 3 aromatic rings. The largest absolute Gasteiger partial charge is 0.493 e. The highest BCUT2D eigenvalue weighted by atomic mass is 16.6. The van der Waals surface area contributed by atoms with Crippen molar-refractivity contribution in [1.29, 1.82) is 0 Å². The van der Waals surface area contributed by atoms with E-state index in [9.17, 15) is 19.7 Å². The van der Waals surface area contributed by atoms with Gasteiger partial charge >= 0.3 is 0 Å². The first kappa shape index (κ1) is 24.2. The molecule has 0 atom stereocenters. The Balaban J connectivity index is 1.74. The summed E-state index contributed by atoms with van der Waals surface area (Å²) in [6, 6.07) is 17.8. The number of nitro benzene ring substituents is 1. The van der Waals surface area contributed by atoms with Gasteiger partial charge in [0, 0.05) is 31.3 Å². The number of carbonyl (C=O) groups excluding carboxylic acids is 2. The van der Waals surface area contributed by atoms with E-state index < -0.39 is 16.6 Å². The molecule has 0 aliphatic heterocycles. The zero-order valence-corrected chi connectivity index (χ0v) is 19.1. The fourth-order valence-corrected chi connectivity index (χ4v) is 3.38. The van der Waals surface area contributed by atoms with Crippen LogP contribution in [0.5, 0.6) is 11.5 Å². The number of carbonyl (C=O) groups is 2. The average Bonchev–Trinajstić information content (AvgIpc) is 2.85. The molecule has 176 valence electrons. The summed E-state index contributed by atoms with van der Waals surface area (Å²) in [6.07, 6.45) is 0. The van der Waals surface area contributed by atoms with Crippen molar-refractivity contribution in [3.63, 3.8) is 0 Å². The molecule has 3 aromatic carbocycles. The van der Waals surface area contributed by atoms with Gasteiger partial charge in [-0.1, -0.05) is 30.3 Å². The molecule has 34 heavy (non-hydrogen) atoms. The molecular weight excluding hydrogens is 438 g/mol. The monoisotopic (exact) mass is 463 g/mol. The molecule has 0 aliphatic rings. The fourth-order valence-electron chi connectivity index (χ4n) is 3.38. The van der Waals surface area contributed by atoms with Crippen molar-refractivity contribution in [2.45, 2.75) is 0 Å².